The van der Waals surface area contributed by atoms with Gasteiger partial charge in [0.05, 0.1) is 22.3 Å². The maximum absolute atomic E-state index is 13.9. The number of ether oxygens (including phenoxy) is 1. The van der Waals surface area contributed by atoms with E-state index in [1.54, 1.807) is 31.2 Å². The van der Waals surface area contributed by atoms with Crippen LogP contribution in [0.3, 0.4) is 0 Å². The second-order valence-electron chi connectivity index (χ2n) is 7.32. The highest BCUT2D eigenvalue weighted by molar-refractivity contribution is 6.31. The topological polar surface area (TPSA) is 39.9 Å². The maximum atomic E-state index is 13.9. The minimum Gasteiger partial charge on any atom is -0.473 e. The molecule has 0 atom stereocenters. The summed E-state index contributed by atoms with van der Waals surface area (Å²) < 4.78 is 48.8. The summed E-state index contributed by atoms with van der Waals surface area (Å²) in [5.74, 6) is -0.140. The molecule has 2 aromatic heterocycles. The fraction of sp³-hybridized carbons (Fsp3) is 0.167. The van der Waals surface area contributed by atoms with Crippen molar-refractivity contribution in [3.05, 3.63) is 88.1 Å². The van der Waals surface area contributed by atoms with E-state index in [0.29, 0.717) is 16.3 Å². The first-order valence-corrected chi connectivity index (χ1v) is 10.1. The Kier molecular flexibility index (Phi) is 5.69. The maximum Gasteiger partial charge on any atom is 0.417 e. The lowest BCUT2D eigenvalue weighted by molar-refractivity contribution is -0.136. The van der Waals surface area contributed by atoms with Crippen molar-refractivity contribution in [2.75, 3.05) is 0 Å². The molecule has 4 aromatic rings. The van der Waals surface area contributed by atoms with Crippen molar-refractivity contribution in [1.82, 2.24) is 14.8 Å². The van der Waals surface area contributed by atoms with Crippen molar-refractivity contribution < 1.29 is 17.9 Å². The zero-order valence-electron chi connectivity index (χ0n) is 17.4. The SMILES string of the molecule is C=Cc1ccc(COc2cc(C(F)(F)F)c3c(C)nn(-c4cccc(Cl)c4C)c3n2)cc1. The van der Waals surface area contributed by atoms with Gasteiger partial charge in [-0.15, -0.1) is 0 Å². The summed E-state index contributed by atoms with van der Waals surface area (Å²) >= 11 is 6.22. The molecule has 32 heavy (non-hydrogen) atoms. The van der Waals surface area contributed by atoms with E-state index in [4.69, 9.17) is 16.3 Å². The highest BCUT2D eigenvalue weighted by Gasteiger charge is 2.36. The molecule has 0 aliphatic heterocycles. The van der Waals surface area contributed by atoms with Gasteiger partial charge in [-0.05, 0) is 42.7 Å². The lowest BCUT2D eigenvalue weighted by Crippen LogP contribution is -2.09. The summed E-state index contributed by atoms with van der Waals surface area (Å²) in [7, 11) is 0. The van der Waals surface area contributed by atoms with Gasteiger partial charge in [-0.25, -0.2) is 4.68 Å². The Hall–Kier alpha value is -3.32. The van der Waals surface area contributed by atoms with Crippen LogP contribution in [0.2, 0.25) is 5.02 Å². The number of hydrogen-bond acceptors (Lipinski definition) is 3. The average Bonchev–Trinajstić information content (AvgIpc) is 3.09. The molecule has 0 aliphatic rings. The van der Waals surface area contributed by atoms with Gasteiger partial charge < -0.3 is 4.74 Å². The summed E-state index contributed by atoms with van der Waals surface area (Å²) in [5.41, 5.74) is 2.38. The summed E-state index contributed by atoms with van der Waals surface area (Å²) in [6.45, 7) is 7.07. The monoisotopic (exact) mass is 457 g/mol. The lowest BCUT2D eigenvalue weighted by atomic mass is 10.1. The van der Waals surface area contributed by atoms with Crippen LogP contribution < -0.4 is 4.74 Å². The van der Waals surface area contributed by atoms with Gasteiger partial charge in [0.2, 0.25) is 5.88 Å². The molecule has 0 saturated carbocycles. The Morgan fingerprint density at radius 2 is 1.84 bits per heavy atom. The number of pyridine rings is 1. The van der Waals surface area contributed by atoms with Crippen molar-refractivity contribution in [1.29, 1.82) is 0 Å². The number of hydrogen-bond donors (Lipinski definition) is 0. The molecule has 0 bridgehead atoms. The van der Waals surface area contributed by atoms with Crippen molar-refractivity contribution >= 4 is 28.7 Å². The number of benzene rings is 2. The molecular formula is C24H19ClF3N3O. The summed E-state index contributed by atoms with van der Waals surface area (Å²) in [6.07, 6.45) is -2.90. The van der Waals surface area contributed by atoms with E-state index in [2.05, 4.69) is 16.7 Å². The molecule has 0 aliphatic carbocycles. The molecule has 4 nitrogen and oxygen atoms in total. The average molecular weight is 458 g/mol. The summed E-state index contributed by atoms with van der Waals surface area (Å²) in [4.78, 5) is 4.39. The van der Waals surface area contributed by atoms with Gasteiger partial charge in [0.1, 0.15) is 6.61 Å². The summed E-state index contributed by atoms with van der Waals surface area (Å²) in [6, 6.07) is 13.4. The molecule has 0 saturated heterocycles. The van der Waals surface area contributed by atoms with Crippen LogP contribution in [0, 0.1) is 13.8 Å². The van der Waals surface area contributed by atoms with Gasteiger partial charge in [-0.2, -0.15) is 23.3 Å². The molecule has 2 aromatic carbocycles. The highest BCUT2D eigenvalue weighted by atomic mass is 35.5. The van der Waals surface area contributed by atoms with Crippen LogP contribution in [0.4, 0.5) is 13.2 Å². The van der Waals surface area contributed by atoms with E-state index in [1.165, 1.54) is 11.6 Å². The zero-order chi connectivity index (χ0) is 23.0. The van der Waals surface area contributed by atoms with E-state index < -0.39 is 11.7 Å². The molecule has 2 heterocycles. The van der Waals surface area contributed by atoms with Crippen LogP contribution in [0.5, 0.6) is 5.88 Å². The van der Waals surface area contributed by atoms with Crippen LogP contribution in [0.1, 0.15) is 27.9 Å². The third-order valence-electron chi connectivity index (χ3n) is 5.16. The van der Waals surface area contributed by atoms with Crippen LogP contribution in [-0.4, -0.2) is 14.8 Å². The third-order valence-corrected chi connectivity index (χ3v) is 5.57. The fourth-order valence-electron chi connectivity index (χ4n) is 3.46. The molecule has 0 amide bonds. The largest absolute Gasteiger partial charge is 0.473 e. The minimum absolute atomic E-state index is 0.0553. The van der Waals surface area contributed by atoms with E-state index in [0.717, 1.165) is 17.2 Å². The van der Waals surface area contributed by atoms with Crippen molar-refractivity contribution in [2.24, 2.45) is 0 Å². The van der Waals surface area contributed by atoms with Gasteiger partial charge in [0.15, 0.2) is 5.65 Å². The molecule has 8 heteroatoms. The zero-order valence-corrected chi connectivity index (χ0v) is 18.1. The molecule has 164 valence electrons. The molecule has 0 spiro atoms. The van der Waals surface area contributed by atoms with E-state index in [1.807, 2.05) is 24.3 Å². The van der Waals surface area contributed by atoms with Crippen molar-refractivity contribution in [3.8, 4) is 11.6 Å². The Labute approximate surface area is 187 Å². The van der Waals surface area contributed by atoms with Crippen LogP contribution in [0.15, 0.2) is 55.1 Å². The van der Waals surface area contributed by atoms with Crippen LogP contribution in [-0.2, 0) is 12.8 Å². The van der Waals surface area contributed by atoms with Crippen molar-refractivity contribution in [2.45, 2.75) is 26.6 Å². The first-order valence-electron chi connectivity index (χ1n) is 9.76. The Bertz CT molecular complexity index is 1310. The predicted octanol–water partition coefficient (Wildman–Crippen LogP) is 6.93. The van der Waals surface area contributed by atoms with Gasteiger partial charge in [0.25, 0.3) is 0 Å². The number of fused-ring (bicyclic) bond motifs is 1. The first kappa shape index (κ1) is 21.9. The molecule has 0 N–H and O–H groups in total. The molecule has 4 rings (SSSR count). The predicted molar refractivity (Wildman–Crippen MR) is 119 cm³/mol. The molecular weight excluding hydrogens is 439 g/mol. The van der Waals surface area contributed by atoms with Gasteiger partial charge in [-0.3, -0.25) is 0 Å². The quantitative estimate of drug-likeness (QED) is 0.326. The first-order chi connectivity index (χ1) is 15.2. The molecule has 0 radical (unpaired) electrons. The second kappa shape index (κ2) is 8.31. The molecule has 0 unspecified atom stereocenters. The Morgan fingerprint density at radius 1 is 1.12 bits per heavy atom. The van der Waals surface area contributed by atoms with E-state index in [-0.39, 0.29) is 29.2 Å². The van der Waals surface area contributed by atoms with Gasteiger partial charge in [0, 0.05) is 11.1 Å². The lowest BCUT2D eigenvalue weighted by Gasteiger charge is -2.13. The second-order valence-corrected chi connectivity index (χ2v) is 7.73. The number of alkyl halides is 3. The van der Waals surface area contributed by atoms with Crippen LogP contribution >= 0.6 is 11.6 Å². The fourth-order valence-corrected chi connectivity index (χ4v) is 3.63. The van der Waals surface area contributed by atoms with Crippen molar-refractivity contribution in [3.63, 3.8) is 0 Å². The Morgan fingerprint density at radius 3 is 2.50 bits per heavy atom. The van der Waals surface area contributed by atoms with Gasteiger partial charge >= 0.3 is 6.18 Å². The minimum atomic E-state index is -4.60. The third kappa shape index (κ3) is 4.08. The summed E-state index contributed by atoms with van der Waals surface area (Å²) in [5, 5.41) is 4.76. The smallest absolute Gasteiger partial charge is 0.417 e. The van der Waals surface area contributed by atoms with E-state index >= 15 is 0 Å². The normalized spacial score (nSPS) is 11.7. The van der Waals surface area contributed by atoms with E-state index in [9.17, 15) is 13.2 Å². The highest BCUT2D eigenvalue weighted by Crippen LogP contribution is 2.39. The number of halogens is 4. The number of aryl methyl sites for hydroxylation is 1. The molecule has 0 fully saturated rings. The Balaban J connectivity index is 1.83. The van der Waals surface area contributed by atoms with Crippen LogP contribution in [0.25, 0.3) is 22.8 Å². The number of aromatic nitrogens is 3. The number of rotatable bonds is 5. The standard InChI is InChI=1S/C24H19ClF3N3O/c1-4-16-8-10-17(11-9-16)13-32-21-12-18(24(26,27)28)22-15(3)30-31(23(22)29-21)20-7-5-6-19(25)14(20)2/h4-12H,1,13H2,2-3H3. The number of nitrogens with zero attached hydrogens (tertiary/aromatic N) is 3. The van der Waals surface area contributed by atoms with Gasteiger partial charge in [-0.1, -0.05) is 54.6 Å².